The maximum absolute atomic E-state index is 3.79. The van der Waals surface area contributed by atoms with Crippen molar-refractivity contribution in [1.29, 1.82) is 0 Å². The Labute approximate surface area is 194 Å². The van der Waals surface area contributed by atoms with Gasteiger partial charge in [-0.05, 0) is 120 Å². The smallest absolute Gasteiger partial charge is 0.0696 e. The third-order valence-electron chi connectivity index (χ3n) is 4.01. The summed E-state index contributed by atoms with van der Waals surface area (Å²) in [4.78, 5) is 0. The normalized spacial score (nSPS) is 11.6. The van der Waals surface area contributed by atoms with E-state index in [1.807, 2.05) is 6.07 Å². The summed E-state index contributed by atoms with van der Waals surface area (Å²) in [5, 5.41) is 2.30. The monoisotopic (exact) mass is 711 g/mol. The van der Waals surface area contributed by atoms with Crippen LogP contribution in [0.3, 0.4) is 0 Å². The van der Waals surface area contributed by atoms with Crippen molar-refractivity contribution in [1.82, 2.24) is 4.57 Å². The van der Waals surface area contributed by atoms with Crippen LogP contribution in [0.5, 0.6) is 0 Å². The van der Waals surface area contributed by atoms with Gasteiger partial charge in [-0.15, -0.1) is 0 Å². The third-order valence-corrected chi connectivity index (χ3v) is 9.88. The molecule has 0 amide bonds. The minimum Gasteiger partial charge on any atom is -0.307 e. The van der Waals surface area contributed by atoms with E-state index in [1.54, 1.807) is 0 Å². The van der Waals surface area contributed by atoms with Crippen LogP contribution in [0, 0.1) is 0 Å². The van der Waals surface area contributed by atoms with Crippen molar-refractivity contribution in [2.45, 2.75) is 0 Å². The van der Waals surface area contributed by atoms with Crippen LogP contribution in [-0.2, 0) is 0 Å². The van der Waals surface area contributed by atoms with Crippen molar-refractivity contribution in [2.24, 2.45) is 0 Å². The molecule has 0 fully saturated rings. The molecule has 25 heavy (non-hydrogen) atoms. The Bertz CT molecular complexity index is 1150. The van der Waals surface area contributed by atoms with Crippen molar-refractivity contribution < 1.29 is 0 Å². The summed E-state index contributed by atoms with van der Waals surface area (Å²) in [5.74, 6) is 0. The molecule has 4 rings (SSSR count). The lowest BCUT2D eigenvalue weighted by molar-refractivity contribution is 1.17. The molecule has 7 heteroatoms. The topological polar surface area (TPSA) is 4.93 Å². The standard InChI is InChI=1S/C18H7Br6N/c19-10-6-9-13-14(22)11(20)7-12(21)18(13)25(8-4-2-1-3-5-8)17(9)16(24)15(10)23/h1-7H. The van der Waals surface area contributed by atoms with Crippen LogP contribution in [0.1, 0.15) is 0 Å². The molecule has 126 valence electrons. The van der Waals surface area contributed by atoms with Crippen LogP contribution in [0.25, 0.3) is 27.5 Å². The fourth-order valence-electron chi connectivity index (χ4n) is 2.99. The van der Waals surface area contributed by atoms with Crippen LogP contribution in [0.2, 0.25) is 0 Å². The Hall–Kier alpha value is 0.340. The maximum Gasteiger partial charge on any atom is 0.0696 e. The zero-order chi connectivity index (χ0) is 17.9. The average molecular weight is 717 g/mol. The van der Waals surface area contributed by atoms with E-state index in [1.165, 1.54) is 0 Å². The highest BCUT2D eigenvalue weighted by molar-refractivity contribution is 9.14. The van der Waals surface area contributed by atoms with E-state index in [-0.39, 0.29) is 0 Å². The van der Waals surface area contributed by atoms with Gasteiger partial charge in [0.25, 0.3) is 0 Å². The largest absolute Gasteiger partial charge is 0.307 e. The predicted molar refractivity (Wildman–Crippen MR) is 127 cm³/mol. The fraction of sp³-hybridized carbons (Fsp3) is 0. The molecular formula is C18H7Br6N. The van der Waals surface area contributed by atoms with E-state index >= 15 is 0 Å². The van der Waals surface area contributed by atoms with Gasteiger partial charge in [-0.3, -0.25) is 0 Å². The van der Waals surface area contributed by atoms with E-state index in [2.05, 4.69) is 137 Å². The van der Waals surface area contributed by atoms with Gasteiger partial charge >= 0.3 is 0 Å². The van der Waals surface area contributed by atoms with Crippen LogP contribution < -0.4 is 0 Å². The van der Waals surface area contributed by atoms with Crippen LogP contribution >= 0.6 is 95.6 Å². The van der Waals surface area contributed by atoms with E-state index in [0.29, 0.717) is 0 Å². The van der Waals surface area contributed by atoms with E-state index in [4.69, 9.17) is 0 Å². The number of hydrogen-bond donors (Lipinski definition) is 0. The number of hydrogen-bond acceptors (Lipinski definition) is 0. The average Bonchev–Trinajstić information content (AvgIpc) is 2.94. The molecule has 0 aliphatic rings. The number of rotatable bonds is 1. The number of nitrogens with zero attached hydrogens (tertiary/aromatic N) is 1. The fourth-order valence-corrected chi connectivity index (χ4v) is 6.45. The molecule has 0 unspecified atom stereocenters. The van der Waals surface area contributed by atoms with E-state index in [9.17, 15) is 0 Å². The number of halogens is 6. The second kappa shape index (κ2) is 7.06. The van der Waals surface area contributed by atoms with Gasteiger partial charge in [0, 0.05) is 38.8 Å². The second-order valence-corrected chi connectivity index (χ2v) is 10.4. The molecule has 1 heterocycles. The summed E-state index contributed by atoms with van der Waals surface area (Å²) >= 11 is 22.3. The molecular weight excluding hydrogens is 710 g/mol. The van der Waals surface area contributed by atoms with Crippen molar-refractivity contribution in [3.8, 4) is 5.69 Å². The maximum atomic E-state index is 3.79. The van der Waals surface area contributed by atoms with Crippen molar-refractivity contribution >= 4 is 117 Å². The van der Waals surface area contributed by atoms with Gasteiger partial charge in [0.1, 0.15) is 0 Å². The Kier molecular flexibility index (Phi) is 5.28. The SMILES string of the molecule is Brc1cc2c3c(Br)c(Br)cc(Br)c3n(-c3ccccc3)c2c(Br)c1Br. The first kappa shape index (κ1) is 18.7. The highest BCUT2D eigenvalue weighted by Gasteiger charge is 2.22. The molecule has 0 N–H and O–H groups in total. The van der Waals surface area contributed by atoms with E-state index < -0.39 is 0 Å². The Morgan fingerprint density at radius 2 is 1.24 bits per heavy atom. The molecule has 0 spiro atoms. The Morgan fingerprint density at radius 1 is 0.600 bits per heavy atom. The summed E-state index contributed by atoms with van der Waals surface area (Å²) in [6, 6.07) is 14.6. The predicted octanol–water partition coefficient (Wildman–Crippen LogP) is 9.36. The van der Waals surface area contributed by atoms with Gasteiger partial charge in [0.15, 0.2) is 0 Å². The summed E-state index contributed by atoms with van der Waals surface area (Å²) in [7, 11) is 0. The number of fused-ring (bicyclic) bond motifs is 3. The molecule has 0 atom stereocenters. The summed E-state index contributed by atoms with van der Waals surface area (Å²) in [6.45, 7) is 0. The van der Waals surface area contributed by atoms with Gasteiger partial charge in [-0.2, -0.15) is 0 Å². The van der Waals surface area contributed by atoms with Gasteiger partial charge in [0.2, 0.25) is 0 Å². The number of para-hydroxylation sites is 1. The van der Waals surface area contributed by atoms with Crippen molar-refractivity contribution in [2.75, 3.05) is 0 Å². The van der Waals surface area contributed by atoms with Crippen LogP contribution in [0.15, 0.2) is 69.3 Å². The number of aromatic nitrogens is 1. The molecule has 0 radical (unpaired) electrons. The Morgan fingerprint density at radius 3 is 1.92 bits per heavy atom. The first-order chi connectivity index (χ1) is 11.9. The van der Waals surface area contributed by atoms with Crippen molar-refractivity contribution in [3.63, 3.8) is 0 Å². The van der Waals surface area contributed by atoms with Crippen molar-refractivity contribution in [3.05, 3.63) is 69.3 Å². The molecule has 0 saturated carbocycles. The lowest BCUT2D eigenvalue weighted by atomic mass is 10.1. The lowest BCUT2D eigenvalue weighted by Crippen LogP contribution is -1.95. The highest BCUT2D eigenvalue weighted by Crippen LogP contribution is 2.48. The minimum absolute atomic E-state index is 0.992. The third kappa shape index (κ3) is 2.93. The lowest BCUT2D eigenvalue weighted by Gasteiger charge is -2.11. The van der Waals surface area contributed by atoms with Gasteiger partial charge in [-0.1, -0.05) is 18.2 Å². The zero-order valence-corrected chi connectivity index (χ0v) is 21.8. The summed E-state index contributed by atoms with van der Waals surface area (Å²) < 4.78 is 8.34. The van der Waals surface area contributed by atoms with Crippen LogP contribution in [-0.4, -0.2) is 4.57 Å². The Balaban J connectivity index is 2.38. The van der Waals surface area contributed by atoms with E-state index in [0.717, 1.165) is 54.3 Å². The van der Waals surface area contributed by atoms with Crippen LogP contribution in [0.4, 0.5) is 0 Å². The highest BCUT2D eigenvalue weighted by atomic mass is 79.9. The van der Waals surface area contributed by atoms with Gasteiger partial charge in [0.05, 0.1) is 15.5 Å². The number of benzene rings is 3. The van der Waals surface area contributed by atoms with Gasteiger partial charge in [-0.25, -0.2) is 0 Å². The summed E-state index contributed by atoms with van der Waals surface area (Å²) in [5.41, 5.74) is 3.32. The molecule has 4 aromatic rings. The first-order valence-electron chi connectivity index (χ1n) is 7.12. The molecule has 0 aliphatic heterocycles. The molecule has 1 nitrogen and oxygen atoms in total. The molecule has 3 aromatic carbocycles. The first-order valence-corrected chi connectivity index (χ1v) is 11.9. The second-order valence-electron chi connectivity index (χ2n) is 5.43. The molecule has 0 bridgehead atoms. The molecule has 1 aromatic heterocycles. The zero-order valence-electron chi connectivity index (χ0n) is 12.3. The summed E-state index contributed by atoms with van der Waals surface area (Å²) in [6.07, 6.45) is 0. The quantitative estimate of drug-likeness (QED) is 0.137. The minimum atomic E-state index is 0.992. The molecule has 0 aliphatic carbocycles. The van der Waals surface area contributed by atoms with Gasteiger partial charge < -0.3 is 4.57 Å². The molecule has 0 saturated heterocycles.